The van der Waals surface area contributed by atoms with Gasteiger partial charge in [0, 0.05) is 5.56 Å². The van der Waals surface area contributed by atoms with Gasteiger partial charge < -0.3 is 9.84 Å². The van der Waals surface area contributed by atoms with Crippen molar-refractivity contribution in [3.63, 3.8) is 0 Å². The predicted octanol–water partition coefficient (Wildman–Crippen LogP) is 2.65. The van der Waals surface area contributed by atoms with Crippen LogP contribution in [-0.4, -0.2) is 40.3 Å². The molecule has 0 aliphatic carbocycles. The lowest BCUT2D eigenvalue weighted by Crippen LogP contribution is -2.36. The van der Waals surface area contributed by atoms with Gasteiger partial charge in [-0.3, -0.25) is 4.79 Å². The van der Waals surface area contributed by atoms with E-state index in [-0.39, 0.29) is 17.4 Å². The van der Waals surface area contributed by atoms with Crippen molar-refractivity contribution in [1.82, 2.24) is 15.6 Å². The molecule has 3 aromatic rings. The van der Waals surface area contributed by atoms with Crippen LogP contribution in [0.1, 0.15) is 18.1 Å². The van der Waals surface area contributed by atoms with Crippen LogP contribution in [-0.2, 0) is 11.3 Å². The second-order valence-electron chi connectivity index (χ2n) is 6.45. The number of nitrogens with zero attached hydrogens (tertiary/aromatic N) is 3. The number of phenolic OH excluding ortho intramolecular Hbond substituents is 1. The predicted molar refractivity (Wildman–Crippen MR) is 116 cm³/mol. The van der Waals surface area contributed by atoms with Gasteiger partial charge in [0.15, 0.2) is 11.5 Å². The summed E-state index contributed by atoms with van der Waals surface area (Å²) in [4.78, 5) is 12.1. The molecule has 9 heteroatoms. The number of carbonyl (C=O) groups excluding carboxylic acids is 1. The standard InChI is InChI=1S/C21H23N5O3S/c1-4-26-20(15-10-8-14(2)9-11-15)24-25-21(26)30-13-18(27)23-22-12-16-6-5-7-17(29-3)19(16)28/h5-12H,4,13H2,1-3H3,(H2,22,23,27,28)/p+1. The fourth-order valence-corrected chi connectivity index (χ4v) is 3.61. The molecule has 0 unspecified atom stereocenters. The van der Waals surface area contributed by atoms with E-state index < -0.39 is 0 Å². The molecule has 0 saturated heterocycles. The maximum atomic E-state index is 12.1. The smallest absolute Gasteiger partial charge is 0.337 e. The number of hydrazone groups is 1. The van der Waals surface area contributed by atoms with E-state index in [1.807, 2.05) is 30.5 Å². The van der Waals surface area contributed by atoms with Gasteiger partial charge in [0.05, 0.1) is 36.3 Å². The van der Waals surface area contributed by atoms with E-state index in [2.05, 4.69) is 32.9 Å². The van der Waals surface area contributed by atoms with Crippen molar-refractivity contribution in [3.05, 3.63) is 53.6 Å². The first kappa shape index (κ1) is 21.4. The Morgan fingerprint density at radius 2 is 2.10 bits per heavy atom. The lowest BCUT2D eigenvalue weighted by molar-refractivity contribution is -0.719. The Hall–Kier alpha value is -3.33. The van der Waals surface area contributed by atoms with Crippen LogP contribution in [0.3, 0.4) is 0 Å². The van der Waals surface area contributed by atoms with Crippen molar-refractivity contribution in [2.24, 2.45) is 5.10 Å². The number of amides is 1. The lowest BCUT2D eigenvalue weighted by Gasteiger charge is -2.05. The van der Waals surface area contributed by atoms with E-state index in [9.17, 15) is 9.90 Å². The fourth-order valence-electron chi connectivity index (χ4n) is 2.80. The molecule has 0 fully saturated rings. The SMILES string of the molecule is CC[n+]1c(SCC(=O)N/N=C/c2cccc(OC)c2O)n[nH]c1-c1ccc(C)cc1. The summed E-state index contributed by atoms with van der Waals surface area (Å²) in [6, 6.07) is 13.2. The number of methoxy groups -OCH3 is 1. The third kappa shape index (κ3) is 4.98. The summed E-state index contributed by atoms with van der Waals surface area (Å²) in [5.41, 5.74) is 5.13. The molecule has 3 N–H and O–H groups in total. The highest BCUT2D eigenvalue weighted by Gasteiger charge is 2.21. The van der Waals surface area contributed by atoms with Crippen LogP contribution in [0.4, 0.5) is 0 Å². The third-order valence-corrected chi connectivity index (χ3v) is 5.35. The quantitative estimate of drug-likeness (QED) is 0.222. The van der Waals surface area contributed by atoms with Crippen LogP contribution in [0.25, 0.3) is 11.4 Å². The number of nitrogens with one attached hydrogen (secondary N) is 2. The summed E-state index contributed by atoms with van der Waals surface area (Å²) < 4.78 is 7.08. The molecule has 2 aromatic carbocycles. The number of carbonyl (C=O) groups is 1. The van der Waals surface area contributed by atoms with Gasteiger partial charge in [-0.05, 0) is 49.9 Å². The molecule has 1 aromatic heterocycles. The summed E-state index contributed by atoms with van der Waals surface area (Å²) in [6.45, 7) is 4.79. The van der Waals surface area contributed by atoms with Crippen molar-refractivity contribution < 1.29 is 19.2 Å². The highest BCUT2D eigenvalue weighted by Crippen LogP contribution is 2.27. The minimum atomic E-state index is -0.277. The van der Waals surface area contributed by atoms with Gasteiger partial charge >= 0.3 is 5.16 Å². The minimum Gasteiger partial charge on any atom is -0.504 e. The number of rotatable bonds is 8. The van der Waals surface area contributed by atoms with Crippen molar-refractivity contribution in [2.75, 3.05) is 12.9 Å². The van der Waals surface area contributed by atoms with Gasteiger partial charge in [0.1, 0.15) is 0 Å². The van der Waals surface area contributed by atoms with Crippen LogP contribution >= 0.6 is 11.8 Å². The topological polar surface area (TPSA) is 103 Å². The summed E-state index contributed by atoms with van der Waals surface area (Å²) >= 11 is 1.32. The zero-order valence-corrected chi connectivity index (χ0v) is 17.9. The number of para-hydroxylation sites is 1. The zero-order valence-electron chi connectivity index (χ0n) is 17.0. The molecule has 0 saturated carbocycles. The normalized spacial score (nSPS) is 11.0. The van der Waals surface area contributed by atoms with Crippen LogP contribution in [0.5, 0.6) is 11.5 Å². The zero-order chi connectivity index (χ0) is 21.5. The van der Waals surface area contributed by atoms with Crippen molar-refractivity contribution >= 4 is 23.9 Å². The number of ether oxygens (including phenoxy) is 1. The van der Waals surface area contributed by atoms with Gasteiger partial charge in [0.25, 0.3) is 11.7 Å². The van der Waals surface area contributed by atoms with E-state index in [4.69, 9.17) is 4.74 Å². The Bertz CT molecular complexity index is 1050. The van der Waals surface area contributed by atoms with E-state index in [1.54, 1.807) is 18.2 Å². The number of hydrogen-bond acceptors (Lipinski definition) is 6. The molecular weight excluding hydrogens is 402 g/mol. The Kier molecular flexibility index (Phi) is 7.08. The molecule has 30 heavy (non-hydrogen) atoms. The van der Waals surface area contributed by atoms with Crippen molar-refractivity contribution in [3.8, 4) is 22.9 Å². The van der Waals surface area contributed by atoms with E-state index >= 15 is 0 Å². The summed E-state index contributed by atoms with van der Waals surface area (Å²) in [6.07, 6.45) is 1.37. The van der Waals surface area contributed by atoms with E-state index in [0.717, 1.165) is 23.1 Å². The van der Waals surface area contributed by atoms with Crippen molar-refractivity contribution in [1.29, 1.82) is 0 Å². The van der Waals surface area contributed by atoms with Crippen LogP contribution in [0.15, 0.2) is 52.7 Å². The van der Waals surface area contributed by atoms with Gasteiger partial charge in [-0.2, -0.15) is 5.10 Å². The fraction of sp³-hybridized carbons (Fsp3) is 0.238. The molecule has 0 bridgehead atoms. The second kappa shape index (κ2) is 9.93. The lowest BCUT2D eigenvalue weighted by atomic mass is 10.1. The van der Waals surface area contributed by atoms with Crippen LogP contribution < -0.4 is 14.7 Å². The van der Waals surface area contributed by atoms with Gasteiger partial charge in [0.2, 0.25) is 0 Å². The molecule has 0 aliphatic heterocycles. The minimum absolute atomic E-state index is 0.0310. The molecular formula is C21H24N5O3S+. The Labute approximate surface area is 179 Å². The number of aryl methyl sites for hydroxylation is 1. The first-order valence-corrected chi connectivity index (χ1v) is 10.4. The highest BCUT2D eigenvalue weighted by atomic mass is 32.2. The van der Waals surface area contributed by atoms with E-state index in [0.29, 0.717) is 11.3 Å². The monoisotopic (exact) mass is 426 g/mol. The van der Waals surface area contributed by atoms with Gasteiger partial charge in [-0.15, -0.1) is 5.10 Å². The van der Waals surface area contributed by atoms with E-state index in [1.165, 1.54) is 30.6 Å². The van der Waals surface area contributed by atoms with Gasteiger partial charge in [-0.1, -0.05) is 23.8 Å². The molecule has 0 aliphatic rings. The summed E-state index contributed by atoms with van der Waals surface area (Å²) in [7, 11) is 1.47. The van der Waals surface area contributed by atoms with Gasteiger partial charge in [-0.25, -0.2) is 9.99 Å². The number of hydrogen-bond donors (Lipinski definition) is 3. The molecule has 0 atom stereocenters. The summed E-state index contributed by atoms with van der Waals surface area (Å²) in [5, 5.41) is 22.1. The number of benzene rings is 2. The maximum Gasteiger partial charge on any atom is 0.337 e. The molecule has 3 rings (SSSR count). The average Bonchev–Trinajstić information content (AvgIpc) is 3.17. The largest absolute Gasteiger partial charge is 0.504 e. The number of aromatic nitrogens is 3. The molecule has 0 spiro atoms. The maximum absolute atomic E-state index is 12.1. The number of H-pyrrole nitrogens is 1. The molecule has 1 amide bonds. The molecule has 0 radical (unpaired) electrons. The summed E-state index contributed by atoms with van der Waals surface area (Å²) in [5.74, 6) is 1.08. The second-order valence-corrected chi connectivity index (χ2v) is 7.39. The van der Waals surface area contributed by atoms with Crippen LogP contribution in [0.2, 0.25) is 0 Å². The Balaban J connectivity index is 1.60. The molecule has 1 heterocycles. The number of aromatic amines is 1. The molecule has 8 nitrogen and oxygen atoms in total. The van der Waals surface area contributed by atoms with Crippen molar-refractivity contribution in [2.45, 2.75) is 25.5 Å². The highest BCUT2D eigenvalue weighted by molar-refractivity contribution is 7.99. The number of aromatic hydroxyl groups is 1. The third-order valence-electron chi connectivity index (χ3n) is 4.37. The average molecular weight is 427 g/mol. The Morgan fingerprint density at radius 3 is 2.80 bits per heavy atom. The van der Waals surface area contributed by atoms with Crippen LogP contribution in [0, 0.1) is 6.92 Å². The first-order chi connectivity index (χ1) is 14.5. The first-order valence-electron chi connectivity index (χ1n) is 9.39. The Morgan fingerprint density at radius 1 is 1.33 bits per heavy atom. The number of phenols is 1. The number of thioether (sulfide) groups is 1. The molecule has 156 valence electrons.